The van der Waals surface area contributed by atoms with Gasteiger partial charge in [0.05, 0.1) is 0 Å². The van der Waals surface area contributed by atoms with Crippen LogP contribution in [0.3, 0.4) is 0 Å². The Hall–Kier alpha value is -2.12. The molecule has 2 heterocycles. The monoisotopic (exact) mass is 390 g/mol. The number of H-pyrrole nitrogens is 1. The highest BCUT2D eigenvalue weighted by atomic mass is 19.3. The molecule has 1 N–H and O–H groups in total. The Labute approximate surface area is 164 Å². The topological polar surface area (TPSA) is 52.2 Å². The van der Waals surface area contributed by atoms with Crippen molar-refractivity contribution in [2.24, 2.45) is 0 Å². The molecule has 0 amide bonds. The lowest BCUT2D eigenvalue weighted by atomic mass is 10.0. The number of halogens is 2. The number of hydrogen-bond donors (Lipinski definition) is 1. The maximum absolute atomic E-state index is 12.9. The van der Waals surface area contributed by atoms with Gasteiger partial charge in [-0.05, 0) is 45.0 Å². The van der Waals surface area contributed by atoms with E-state index in [1.165, 1.54) is 25.8 Å². The van der Waals surface area contributed by atoms with Gasteiger partial charge in [-0.25, -0.2) is 13.8 Å². The molecule has 3 rings (SSSR count). The molecular weight excluding hydrogens is 362 g/mol. The van der Waals surface area contributed by atoms with Crippen molar-refractivity contribution >= 4 is 0 Å². The number of likely N-dealkylation sites (N-methyl/N-ethyl adjacent to an activating group) is 1. The third-order valence-corrected chi connectivity index (χ3v) is 5.35. The number of rotatable bonds is 7. The van der Waals surface area contributed by atoms with Gasteiger partial charge in [-0.1, -0.05) is 24.6 Å². The predicted octanol–water partition coefficient (Wildman–Crippen LogP) is 3.68. The zero-order valence-electron chi connectivity index (χ0n) is 16.5. The molecule has 1 aromatic carbocycles. The normalized spacial score (nSPS) is 18.1. The van der Waals surface area contributed by atoms with E-state index in [-0.39, 0.29) is 5.82 Å². The lowest BCUT2D eigenvalue weighted by molar-refractivity contribution is 0.141. The van der Waals surface area contributed by atoms with Crippen LogP contribution in [-0.4, -0.2) is 52.5 Å². The summed E-state index contributed by atoms with van der Waals surface area (Å²) in [6, 6.07) is 9.02. The number of nitrogens with one attached hydrogen (secondary N) is 1. The van der Waals surface area contributed by atoms with Crippen molar-refractivity contribution in [2.75, 3.05) is 26.7 Å². The van der Waals surface area contributed by atoms with Crippen LogP contribution >= 0.6 is 0 Å². The number of likely N-dealkylation sites (tertiary alicyclic amines) is 1. The Balaban J connectivity index is 1.65. The summed E-state index contributed by atoms with van der Waals surface area (Å²) in [5.74, 6) is 0.175. The molecule has 1 aliphatic rings. The lowest BCUT2D eigenvalue weighted by Crippen LogP contribution is -2.41. The molecule has 1 atom stereocenters. The van der Waals surface area contributed by atoms with E-state index in [0.29, 0.717) is 11.6 Å². The SMILES string of the molecule is C[C@@H]1CCCCN1CCN(C)Cc1cccc(-c2nc(C(F)F)cc(=O)[nH]2)c1. The second-order valence-electron chi connectivity index (χ2n) is 7.64. The first-order valence-electron chi connectivity index (χ1n) is 9.83. The molecule has 5 nitrogen and oxygen atoms in total. The number of piperidine rings is 1. The summed E-state index contributed by atoms with van der Waals surface area (Å²) in [5, 5.41) is 0. The van der Waals surface area contributed by atoms with Gasteiger partial charge in [0.15, 0.2) is 0 Å². The number of aromatic nitrogens is 2. The summed E-state index contributed by atoms with van der Waals surface area (Å²) in [6.45, 7) is 6.22. The fraction of sp³-hybridized carbons (Fsp3) is 0.524. The highest BCUT2D eigenvalue weighted by molar-refractivity contribution is 5.56. The van der Waals surface area contributed by atoms with Crippen molar-refractivity contribution < 1.29 is 8.78 Å². The molecule has 1 aromatic heterocycles. The lowest BCUT2D eigenvalue weighted by Gasteiger charge is -2.34. The zero-order chi connectivity index (χ0) is 20.1. The minimum atomic E-state index is -2.77. The van der Waals surface area contributed by atoms with Crippen LogP contribution in [0.1, 0.15) is 43.9 Å². The molecule has 1 aliphatic heterocycles. The van der Waals surface area contributed by atoms with Crippen LogP contribution < -0.4 is 5.56 Å². The van der Waals surface area contributed by atoms with E-state index in [1.54, 1.807) is 6.07 Å². The minimum Gasteiger partial charge on any atom is -0.307 e. The first-order valence-corrected chi connectivity index (χ1v) is 9.83. The second kappa shape index (κ2) is 9.39. The molecule has 28 heavy (non-hydrogen) atoms. The van der Waals surface area contributed by atoms with E-state index in [1.807, 2.05) is 18.2 Å². The van der Waals surface area contributed by atoms with Crippen molar-refractivity contribution in [1.29, 1.82) is 0 Å². The maximum Gasteiger partial charge on any atom is 0.280 e. The Morgan fingerprint density at radius 2 is 2.14 bits per heavy atom. The van der Waals surface area contributed by atoms with Gasteiger partial charge in [0.2, 0.25) is 0 Å². The number of benzene rings is 1. The van der Waals surface area contributed by atoms with E-state index >= 15 is 0 Å². The second-order valence-corrected chi connectivity index (χ2v) is 7.64. The highest BCUT2D eigenvalue weighted by Crippen LogP contribution is 2.20. The van der Waals surface area contributed by atoms with Gasteiger partial charge >= 0.3 is 0 Å². The Morgan fingerprint density at radius 3 is 2.89 bits per heavy atom. The van der Waals surface area contributed by atoms with Gasteiger partial charge < -0.3 is 9.88 Å². The van der Waals surface area contributed by atoms with Crippen LogP contribution in [0, 0.1) is 0 Å². The third kappa shape index (κ3) is 5.45. The van der Waals surface area contributed by atoms with Crippen LogP contribution in [0.15, 0.2) is 35.1 Å². The van der Waals surface area contributed by atoms with Crippen molar-refractivity contribution in [3.63, 3.8) is 0 Å². The molecular formula is C21H28F2N4O. The molecule has 7 heteroatoms. The molecule has 0 spiro atoms. The zero-order valence-corrected chi connectivity index (χ0v) is 16.5. The smallest absolute Gasteiger partial charge is 0.280 e. The molecule has 0 bridgehead atoms. The fourth-order valence-electron chi connectivity index (χ4n) is 3.72. The van der Waals surface area contributed by atoms with Crippen molar-refractivity contribution in [3.8, 4) is 11.4 Å². The van der Waals surface area contributed by atoms with Crippen LogP contribution in [-0.2, 0) is 6.54 Å². The molecule has 0 saturated carbocycles. The van der Waals surface area contributed by atoms with Crippen molar-refractivity contribution in [3.05, 3.63) is 51.9 Å². The third-order valence-electron chi connectivity index (χ3n) is 5.35. The van der Waals surface area contributed by atoms with Crippen LogP contribution in [0.25, 0.3) is 11.4 Å². The standard InChI is InChI=1S/C21H28F2N4O/c1-15-6-3-4-9-27(15)11-10-26(2)14-16-7-5-8-17(12-16)21-24-18(20(22)23)13-19(28)25-21/h5,7-8,12-13,15,20H,3-4,6,9-11,14H2,1-2H3,(H,24,25,28)/t15-/m1/s1. The predicted molar refractivity (Wildman–Crippen MR) is 106 cm³/mol. The summed E-state index contributed by atoms with van der Waals surface area (Å²) in [5.41, 5.74) is 0.613. The largest absolute Gasteiger partial charge is 0.307 e. The maximum atomic E-state index is 12.9. The van der Waals surface area contributed by atoms with E-state index in [0.717, 1.165) is 31.3 Å². The summed E-state index contributed by atoms with van der Waals surface area (Å²) in [7, 11) is 2.08. The first-order chi connectivity index (χ1) is 13.4. The van der Waals surface area contributed by atoms with Gasteiger partial charge in [0.1, 0.15) is 11.5 Å². The number of hydrogen-bond acceptors (Lipinski definition) is 4. The van der Waals surface area contributed by atoms with Gasteiger partial charge in [-0.2, -0.15) is 0 Å². The molecule has 0 radical (unpaired) electrons. The number of nitrogens with zero attached hydrogens (tertiary/aromatic N) is 3. The van der Waals surface area contributed by atoms with E-state index in [4.69, 9.17) is 0 Å². The molecule has 1 saturated heterocycles. The van der Waals surface area contributed by atoms with Crippen LogP contribution in [0.4, 0.5) is 8.78 Å². The van der Waals surface area contributed by atoms with Crippen molar-refractivity contribution in [1.82, 2.24) is 19.8 Å². The van der Waals surface area contributed by atoms with Gasteiger partial charge in [-0.3, -0.25) is 9.69 Å². The molecule has 0 aliphatic carbocycles. The van der Waals surface area contributed by atoms with E-state index < -0.39 is 17.7 Å². The molecule has 0 unspecified atom stereocenters. The van der Waals surface area contributed by atoms with Crippen LogP contribution in [0.5, 0.6) is 0 Å². The minimum absolute atomic E-state index is 0.175. The Bertz CT molecular complexity index is 839. The molecule has 152 valence electrons. The molecule has 1 fully saturated rings. The average molecular weight is 390 g/mol. The van der Waals surface area contributed by atoms with Gasteiger partial charge in [0.25, 0.3) is 12.0 Å². The Kier molecular flexibility index (Phi) is 6.91. The highest BCUT2D eigenvalue weighted by Gasteiger charge is 2.18. The average Bonchev–Trinajstić information content (AvgIpc) is 2.67. The van der Waals surface area contributed by atoms with Crippen LogP contribution in [0.2, 0.25) is 0 Å². The van der Waals surface area contributed by atoms with E-state index in [2.05, 4.69) is 33.7 Å². The summed E-state index contributed by atoms with van der Waals surface area (Å²) < 4.78 is 25.9. The van der Waals surface area contributed by atoms with Crippen molar-refractivity contribution in [2.45, 2.75) is 45.2 Å². The molecule has 2 aromatic rings. The quantitative estimate of drug-likeness (QED) is 0.784. The number of aromatic amines is 1. The fourth-order valence-corrected chi connectivity index (χ4v) is 3.72. The van der Waals surface area contributed by atoms with E-state index in [9.17, 15) is 13.6 Å². The summed E-state index contributed by atoms with van der Waals surface area (Å²) in [6.07, 6.45) is 1.10. The summed E-state index contributed by atoms with van der Waals surface area (Å²) in [4.78, 5) is 22.9. The van der Waals surface area contributed by atoms with Gasteiger partial charge in [0, 0.05) is 37.3 Å². The van der Waals surface area contributed by atoms with Gasteiger partial charge in [-0.15, -0.1) is 0 Å². The first kappa shape index (κ1) is 20.6. The summed E-state index contributed by atoms with van der Waals surface area (Å²) >= 11 is 0. The Morgan fingerprint density at radius 1 is 1.32 bits per heavy atom. The number of alkyl halides is 2.